The summed E-state index contributed by atoms with van der Waals surface area (Å²) >= 11 is 0. The Kier molecular flexibility index (Phi) is 5.00. The van der Waals surface area contributed by atoms with E-state index in [0.717, 1.165) is 33.8 Å². The summed E-state index contributed by atoms with van der Waals surface area (Å²) in [7, 11) is 0. The third kappa shape index (κ3) is 3.60. The second-order valence-electron chi connectivity index (χ2n) is 8.50. The lowest BCUT2D eigenvalue weighted by atomic mass is 9.98. The average Bonchev–Trinajstić information content (AvgIpc) is 3.34. The van der Waals surface area contributed by atoms with Gasteiger partial charge in [0.1, 0.15) is 18.2 Å². The number of carbonyl (C=O) groups is 1. The molecule has 35 heavy (non-hydrogen) atoms. The molecule has 0 saturated carbocycles. The van der Waals surface area contributed by atoms with E-state index in [1.807, 2.05) is 54.0 Å². The van der Waals surface area contributed by atoms with Crippen molar-refractivity contribution in [1.82, 2.24) is 19.7 Å². The van der Waals surface area contributed by atoms with Gasteiger partial charge in [0.2, 0.25) is 0 Å². The van der Waals surface area contributed by atoms with Crippen LogP contribution in [0.2, 0.25) is 0 Å². The predicted molar refractivity (Wildman–Crippen MR) is 130 cm³/mol. The van der Waals surface area contributed by atoms with E-state index < -0.39 is 0 Å². The highest BCUT2D eigenvalue weighted by Crippen LogP contribution is 2.27. The van der Waals surface area contributed by atoms with Crippen LogP contribution in [0.3, 0.4) is 0 Å². The highest BCUT2D eigenvalue weighted by Gasteiger charge is 2.26. The molecule has 7 heteroatoms. The third-order valence-corrected chi connectivity index (χ3v) is 6.29. The number of rotatable bonds is 2. The zero-order valence-electron chi connectivity index (χ0n) is 19.0. The molecule has 0 unspecified atom stereocenters. The monoisotopic (exact) mass is 461 g/mol. The first-order valence-electron chi connectivity index (χ1n) is 11.3. The molecule has 170 valence electrons. The van der Waals surface area contributed by atoms with Gasteiger partial charge >= 0.3 is 0 Å². The molecule has 0 spiro atoms. The van der Waals surface area contributed by atoms with Gasteiger partial charge in [-0.2, -0.15) is 0 Å². The number of halogens is 1. The number of aromatic nitrogens is 3. The maximum absolute atomic E-state index is 14.8. The Balaban J connectivity index is 1.37. The van der Waals surface area contributed by atoms with Crippen LogP contribution in [0.25, 0.3) is 5.69 Å². The highest BCUT2D eigenvalue weighted by atomic mass is 19.1. The summed E-state index contributed by atoms with van der Waals surface area (Å²) in [6.45, 7) is 3.06. The van der Waals surface area contributed by atoms with Gasteiger partial charge in [-0.1, -0.05) is 42.2 Å². The minimum absolute atomic E-state index is 0.00131. The number of hydrogen-bond acceptors (Lipinski definition) is 4. The smallest absolute Gasteiger partial charge is 0.255 e. The molecule has 0 bridgehead atoms. The molecule has 0 atom stereocenters. The summed E-state index contributed by atoms with van der Waals surface area (Å²) in [5, 5.41) is 8.45. The van der Waals surface area contributed by atoms with Gasteiger partial charge in [-0.3, -0.25) is 14.4 Å². The summed E-state index contributed by atoms with van der Waals surface area (Å²) in [6.07, 6.45) is 0. The normalized spacial score (nSPS) is 13.8. The molecule has 1 aromatic heterocycles. The number of aliphatic imine (C=N–C) groups is 1. The average molecular weight is 462 g/mol. The SMILES string of the molecule is Cc1nnc2n1-c1ccc(C#CCN3Cc4ccccc4C3=O)cc1C(c1ccccc1F)=NC2. The van der Waals surface area contributed by atoms with Crippen molar-refractivity contribution in [2.75, 3.05) is 6.54 Å². The van der Waals surface area contributed by atoms with E-state index in [0.29, 0.717) is 30.2 Å². The van der Waals surface area contributed by atoms with Crippen LogP contribution in [-0.2, 0) is 13.1 Å². The summed E-state index contributed by atoms with van der Waals surface area (Å²) in [4.78, 5) is 19.1. The first kappa shape index (κ1) is 21.0. The second-order valence-corrected chi connectivity index (χ2v) is 8.50. The number of benzene rings is 3. The van der Waals surface area contributed by atoms with Crippen LogP contribution < -0.4 is 0 Å². The Labute approximate surface area is 201 Å². The zero-order valence-corrected chi connectivity index (χ0v) is 19.0. The molecule has 0 saturated heterocycles. The van der Waals surface area contributed by atoms with Crippen molar-refractivity contribution in [1.29, 1.82) is 0 Å². The number of carbonyl (C=O) groups excluding carboxylic acids is 1. The molecule has 4 aromatic rings. The Morgan fingerprint density at radius 2 is 1.77 bits per heavy atom. The predicted octanol–water partition coefficient (Wildman–Crippen LogP) is 4.07. The van der Waals surface area contributed by atoms with Crippen molar-refractivity contribution in [2.45, 2.75) is 20.0 Å². The largest absolute Gasteiger partial charge is 0.323 e. The summed E-state index contributed by atoms with van der Waals surface area (Å²) in [5.74, 6) is 7.40. The van der Waals surface area contributed by atoms with E-state index in [-0.39, 0.29) is 18.3 Å². The molecule has 1 amide bonds. The lowest BCUT2D eigenvalue weighted by Crippen LogP contribution is -2.24. The Bertz CT molecular complexity index is 1590. The second kappa shape index (κ2) is 8.33. The summed E-state index contributed by atoms with van der Waals surface area (Å²) in [5.41, 5.74) is 5.09. The molecule has 6 nitrogen and oxygen atoms in total. The van der Waals surface area contributed by atoms with Gasteiger partial charge in [0.05, 0.1) is 17.9 Å². The topological polar surface area (TPSA) is 63.4 Å². The van der Waals surface area contributed by atoms with E-state index in [2.05, 4.69) is 22.0 Å². The lowest BCUT2D eigenvalue weighted by molar-refractivity contribution is 0.0799. The first-order chi connectivity index (χ1) is 17.1. The molecule has 6 rings (SSSR count). The van der Waals surface area contributed by atoms with Crippen molar-refractivity contribution in [2.24, 2.45) is 4.99 Å². The zero-order chi connectivity index (χ0) is 23.9. The summed E-state index contributed by atoms with van der Waals surface area (Å²) in [6, 6.07) is 20.0. The summed E-state index contributed by atoms with van der Waals surface area (Å²) < 4.78 is 16.7. The van der Waals surface area contributed by atoms with Gasteiger partial charge in [0, 0.05) is 28.8 Å². The minimum Gasteiger partial charge on any atom is -0.323 e. The fourth-order valence-electron chi connectivity index (χ4n) is 4.62. The van der Waals surface area contributed by atoms with Gasteiger partial charge in [0.25, 0.3) is 5.91 Å². The quantitative estimate of drug-likeness (QED) is 0.423. The van der Waals surface area contributed by atoms with E-state index in [1.54, 1.807) is 23.1 Å². The van der Waals surface area contributed by atoms with Crippen molar-refractivity contribution in [3.8, 4) is 17.5 Å². The van der Waals surface area contributed by atoms with Crippen molar-refractivity contribution < 1.29 is 9.18 Å². The fourth-order valence-corrected chi connectivity index (χ4v) is 4.62. The molecular formula is C28H20FN5O. The van der Waals surface area contributed by atoms with Crippen LogP contribution in [-0.4, -0.2) is 37.8 Å². The van der Waals surface area contributed by atoms with E-state index in [9.17, 15) is 9.18 Å². The van der Waals surface area contributed by atoms with Crippen LogP contribution in [0.5, 0.6) is 0 Å². The minimum atomic E-state index is -0.338. The Morgan fingerprint density at radius 1 is 0.971 bits per heavy atom. The Morgan fingerprint density at radius 3 is 2.60 bits per heavy atom. The molecule has 3 aromatic carbocycles. The fraction of sp³-hybridized carbons (Fsp3) is 0.143. The third-order valence-electron chi connectivity index (χ3n) is 6.29. The number of aryl methyl sites for hydroxylation is 1. The number of nitrogens with zero attached hydrogens (tertiary/aromatic N) is 5. The standard InChI is InChI=1S/C28H20FN5O/c1-18-31-32-26-16-30-27(22-10-4-5-11-24(22)29)23-15-19(12-13-25(23)34(18)26)7-6-14-33-17-20-8-2-3-9-21(20)28(33)35/h2-5,8-13,15H,14,16-17H2,1H3. The van der Waals surface area contributed by atoms with Crippen LogP contribution in [0.15, 0.2) is 71.7 Å². The number of hydrogen-bond donors (Lipinski definition) is 0. The van der Waals surface area contributed by atoms with Gasteiger partial charge in [-0.15, -0.1) is 10.2 Å². The van der Waals surface area contributed by atoms with Gasteiger partial charge in [-0.05, 0) is 48.9 Å². The maximum atomic E-state index is 14.8. The van der Waals surface area contributed by atoms with Crippen molar-refractivity contribution >= 4 is 11.6 Å². The lowest BCUT2D eigenvalue weighted by Gasteiger charge is -2.14. The highest BCUT2D eigenvalue weighted by molar-refractivity contribution is 6.15. The molecule has 3 heterocycles. The molecule has 0 aliphatic carbocycles. The maximum Gasteiger partial charge on any atom is 0.255 e. The molecule has 2 aliphatic rings. The van der Waals surface area contributed by atoms with E-state index in [4.69, 9.17) is 4.99 Å². The molecule has 2 aliphatic heterocycles. The molecule has 0 fully saturated rings. The first-order valence-corrected chi connectivity index (χ1v) is 11.3. The molecule has 0 N–H and O–H groups in total. The number of amides is 1. The van der Waals surface area contributed by atoms with Crippen molar-refractivity contribution in [3.63, 3.8) is 0 Å². The van der Waals surface area contributed by atoms with Crippen LogP contribution in [0, 0.1) is 24.6 Å². The van der Waals surface area contributed by atoms with E-state index in [1.165, 1.54) is 6.07 Å². The molecule has 0 radical (unpaired) electrons. The van der Waals surface area contributed by atoms with Crippen LogP contribution in [0.1, 0.15) is 44.3 Å². The molecular weight excluding hydrogens is 441 g/mol. The number of fused-ring (bicyclic) bond motifs is 4. The Hall–Kier alpha value is -4.57. The van der Waals surface area contributed by atoms with Gasteiger partial charge in [-0.25, -0.2) is 4.39 Å². The van der Waals surface area contributed by atoms with Gasteiger partial charge < -0.3 is 4.90 Å². The van der Waals surface area contributed by atoms with Crippen molar-refractivity contribution in [3.05, 3.63) is 112 Å². The van der Waals surface area contributed by atoms with Gasteiger partial charge in [0.15, 0.2) is 5.82 Å². The van der Waals surface area contributed by atoms with E-state index >= 15 is 0 Å². The van der Waals surface area contributed by atoms with Crippen LogP contribution in [0.4, 0.5) is 4.39 Å². The van der Waals surface area contributed by atoms with Crippen LogP contribution >= 0.6 is 0 Å².